The van der Waals surface area contributed by atoms with E-state index in [-0.39, 0.29) is 5.91 Å². The molecule has 0 aromatic carbocycles. The molecule has 1 fully saturated rings. The minimum absolute atomic E-state index is 0.0129. The van der Waals surface area contributed by atoms with Crippen LogP contribution in [-0.2, 0) is 4.74 Å². The van der Waals surface area contributed by atoms with Crippen molar-refractivity contribution in [3.05, 3.63) is 20.8 Å². The van der Waals surface area contributed by atoms with Crippen molar-refractivity contribution in [3.63, 3.8) is 0 Å². The highest BCUT2D eigenvalue weighted by Crippen LogP contribution is 2.20. The van der Waals surface area contributed by atoms with Crippen molar-refractivity contribution in [2.45, 2.75) is 26.3 Å². The number of hydrogen-bond donors (Lipinski definition) is 1. The van der Waals surface area contributed by atoms with Gasteiger partial charge in [0.25, 0.3) is 5.91 Å². The molecule has 0 radical (unpaired) electrons. The van der Waals surface area contributed by atoms with Crippen molar-refractivity contribution >= 4 is 33.2 Å². The summed E-state index contributed by atoms with van der Waals surface area (Å²) in [5.41, 5.74) is 0.733. The summed E-state index contributed by atoms with van der Waals surface area (Å²) in [6.07, 6.45) is 1.09. The molecule has 1 N–H and O–H groups in total. The summed E-state index contributed by atoms with van der Waals surface area (Å²) in [4.78, 5) is 14.6. The van der Waals surface area contributed by atoms with Gasteiger partial charge in [0, 0.05) is 31.1 Å². The molecular formula is C15H23BrN2O2S. The second kappa shape index (κ2) is 8.27. The zero-order chi connectivity index (χ0) is 15.2. The maximum absolute atomic E-state index is 12.2. The lowest BCUT2D eigenvalue weighted by atomic mass is 10.0. The Labute approximate surface area is 139 Å². The Morgan fingerprint density at radius 3 is 2.76 bits per heavy atom. The summed E-state index contributed by atoms with van der Waals surface area (Å²) in [6, 6.07) is 2.26. The zero-order valence-electron chi connectivity index (χ0n) is 12.6. The van der Waals surface area contributed by atoms with E-state index in [9.17, 15) is 4.79 Å². The topological polar surface area (TPSA) is 41.6 Å². The minimum Gasteiger partial charge on any atom is -0.379 e. The van der Waals surface area contributed by atoms with Crippen molar-refractivity contribution in [2.24, 2.45) is 5.92 Å². The van der Waals surface area contributed by atoms with Crippen molar-refractivity contribution in [2.75, 3.05) is 32.8 Å². The van der Waals surface area contributed by atoms with Crippen molar-refractivity contribution in [1.82, 2.24) is 10.2 Å². The van der Waals surface area contributed by atoms with E-state index >= 15 is 0 Å². The first-order chi connectivity index (χ1) is 10.1. The monoisotopic (exact) mass is 374 g/mol. The van der Waals surface area contributed by atoms with E-state index in [4.69, 9.17) is 4.74 Å². The Morgan fingerprint density at radius 2 is 2.19 bits per heavy atom. The van der Waals surface area contributed by atoms with Gasteiger partial charge in [-0.25, -0.2) is 0 Å². The number of carbonyl (C=O) groups is 1. The van der Waals surface area contributed by atoms with Crippen LogP contribution in [0, 0.1) is 5.92 Å². The van der Waals surface area contributed by atoms with Gasteiger partial charge < -0.3 is 10.1 Å². The molecule has 1 unspecified atom stereocenters. The van der Waals surface area contributed by atoms with Crippen LogP contribution in [0.25, 0.3) is 0 Å². The fourth-order valence-electron chi connectivity index (χ4n) is 2.59. The molecule has 6 heteroatoms. The molecule has 2 heterocycles. The van der Waals surface area contributed by atoms with Crippen molar-refractivity contribution < 1.29 is 9.53 Å². The number of morpholine rings is 1. The second-order valence-corrected chi connectivity index (χ2v) is 8.07. The third kappa shape index (κ3) is 5.36. The number of hydrogen-bond acceptors (Lipinski definition) is 4. The molecule has 4 nitrogen and oxygen atoms in total. The molecule has 2 rings (SSSR count). The Balaban J connectivity index is 1.90. The average molecular weight is 375 g/mol. The summed E-state index contributed by atoms with van der Waals surface area (Å²) in [7, 11) is 0. The lowest BCUT2D eigenvalue weighted by Crippen LogP contribution is -2.49. The maximum Gasteiger partial charge on any atom is 0.252 e. The number of thiophene rings is 1. The summed E-state index contributed by atoms with van der Waals surface area (Å²) >= 11 is 4.93. The largest absolute Gasteiger partial charge is 0.379 e. The SMILES string of the molecule is CC(C)CC(CNC(=O)c1csc(Br)c1)N1CCOCC1. The van der Waals surface area contributed by atoms with Crippen LogP contribution in [0.15, 0.2) is 15.2 Å². The quantitative estimate of drug-likeness (QED) is 0.831. The molecule has 1 atom stereocenters. The Kier molecular flexibility index (Phi) is 6.67. The first-order valence-corrected chi connectivity index (χ1v) is 9.07. The van der Waals surface area contributed by atoms with E-state index in [0.29, 0.717) is 18.5 Å². The van der Waals surface area contributed by atoms with Gasteiger partial charge >= 0.3 is 0 Å². The van der Waals surface area contributed by atoms with Gasteiger partial charge in [0.2, 0.25) is 0 Å². The third-order valence-corrected chi connectivity index (χ3v) is 5.14. The van der Waals surface area contributed by atoms with Gasteiger partial charge in [-0.15, -0.1) is 11.3 Å². The summed E-state index contributed by atoms with van der Waals surface area (Å²) in [5.74, 6) is 0.629. The molecule has 1 aromatic heterocycles. The van der Waals surface area contributed by atoms with Crippen LogP contribution >= 0.6 is 27.3 Å². The van der Waals surface area contributed by atoms with Crippen molar-refractivity contribution in [1.29, 1.82) is 0 Å². The van der Waals surface area contributed by atoms with E-state index in [0.717, 1.165) is 42.1 Å². The standard InChI is InChI=1S/C15H23BrN2O2S/c1-11(2)7-13(18-3-5-20-6-4-18)9-17-15(19)12-8-14(16)21-10-12/h8,10-11,13H,3-7,9H2,1-2H3,(H,17,19). The van der Waals surface area contributed by atoms with Gasteiger partial charge in [0.15, 0.2) is 0 Å². The van der Waals surface area contributed by atoms with E-state index in [1.807, 2.05) is 11.4 Å². The molecule has 1 amide bonds. The second-order valence-electron chi connectivity index (χ2n) is 5.78. The fraction of sp³-hybridized carbons (Fsp3) is 0.667. The van der Waals surface area contributed by atoms with Crippen LogP contribution in [0.3, 0.4) is 0 Å². The predicted octanol–water partition coefficient (Wildman–Crippen LogP) is 2.99. The van der Waals surface area contributed by atoms with Crippen LogP contribution in [0.2, 0.25) is 0 Å². The smallest absolute Gasteiger partial charge is 0.252 e. The first kappa shape index (κ1) is 16.9. The summed E-state index contributed by atoms with van der Waals surface area (Å²) in [5, 5.41) is 4.96. The maximum atomic E-state index is 12.2. The minimum atomic E-state index is 0.0129. The Morgan fingerprint density at radius 1 is 1.48 bits per heavy atom. The Hall–Kier alpha value is -0.430. The molecule has 118 valence electrons. The van der Waals surface area contributed by atoms with Gasteiger partial charge in [0.1, 0.15) is 0 Å². The normalized spacial score (nSPS) is 17.9. The highest BCUT2D eigenvalue weighted by molar-refractivity contribution is 9.11. The number of rotatable bonds is 6. The van der Waals surface area contributed by atoms with E-state index < -0.39 is 0 Å². The molecule has 0 spiro atoms. The zero-order valence-corrected chi connectivity index (χ0v) is 15.0. The van der Waals surface area contributed by atoms with Gasteiger partial charge in [0.05, 0.1) is 22.6 Å². The van der Waals surface area contributed by atoms with Crippen LogP contribution in [0.4, 0.5) is 0 Å². The fourth-order valence-corrected chi connectivity index (χ4v) is 3.73. The van der Waals surface area contributed by atoms with E-state index in [1.54, 1.807) is 0 Å². The molecule has 0 bridgehead atoms. The highest BCUT2D eigenvalue weighted by Gasteiger charge is 2.22. The van der Waals surface area contributed by atoms with Gasteiger partial charge in [-0.2, -0.15) is 0 Å². The summed E-state index contributed by atoms with van der Waals surface area (Å²) in [6.45, 7) is 8.65. The molecule has 1 saturated heterocycles. The number of amides is 1. The van der Waals surface area contributed by atoms with Crippen LogP contribution in [0.5, 0.6) is 0 Å². The molecule has 1 aliphatic rings. The third-order valence-electron chi connectivity index (χ3n) is 3.63. The van der Waals surface area contributed by atoms with E-state index in [2.05, 4.69) is 40.0 Å². The number of carbonyl (C=O) groups excluding carboxylic acids is 1. The first-order valence-electron chi connectivity index (χ1n) is 7.40. The number of nitrogens with zero attached hydrogens (tertiary/aromatic N) is 1. The molecule has 1 aromatic rings. The average Bonchev–Trinajstić information content (AvgIpc) is 2.90. The molecule has 0 saturated carbocycles. The lowest BCUT2D eigenvalue weighted by Gasteiger charge is -2.35. The molecule has 21 heavy (non-hydrogen) atoms. The van der Waals surface area contributed by atoms with E-state index in [1.165, 1.54) is 11.3 Å². The van der Waals surface area contributed by atoms with Crippen LogP contribution in [0.1, 0.15) is 30.6 Å². The number of halogens is 1. The molecule has 0 aliphatic carbocycles. The van der Waals surface area contributed by atoms with Crippen molar-refractivity contribution in [3.8, 4) is 0 Å². The molecule has 1 aliphatic heterocycles. The van der Waals surface area contributed by atoms with Gasteiger partial charge in [-0.05, 0) is 34.3 Å². The predicted molar refractivity (Wildman–Crippen MR) is 90.0 cm³/mol. The molecular weight excluding hydrogens is 352 g/mol. The number of nitrogens with one attached hydrogen (secondary N) is 1. The van der Waals surface area contributed by atoms with Crippen LogP contribution in [-0.4, -0.2) is 49.7 Å². The van der Waals surface area contributed by atoms with Crippen LogP contribution < -0.4 is 5.32 Å². The van der Waals surface area contributed by atoms with Gasteiger partial charge in [-0.1, -0.05) is 13.8 Å². The summed E-state index contributed by atoms with van der Waals surface area (Å²) < 4.78 is 6.41. The Bertz CT molecular complexity index is 458. The highest BCUT2D eigenvalue weighted by atomic mass is 79.9. The van der Waals surface area contributed by atoms with Gasteiger partial charge in [-0.3, -0.25) is 9.69 Å². The lowest BCUT2D eigenvalue weighted by molar-refractivity contribution is 0.0124. The number of ether oxygens (including phenoxy) is 1.